The number of carboxylic acids is 1. The number of benzene rings is 2. The average molecular weight is 460 g/mol. The third-order valence-electron chi connectivity index (χ3n) is 4.83. The minimum atomic E-state index is -1.29. The maximum absolute atomic E-state index is 12.6. The van der Waals surface area contributed by atoms with Crippen LogP contribution in [0.3, 0.4) is 0 Å². The number of hydrogen-bond donors (Lipinski definition) is 2. The molecular weight excluding hydrogens is 438 g/mol. The number of nitrogens with zero attached hydrogens (tertiary/aromatic N) is 1. The standard InChI is InChI=1S/C25H23N3O6/c1-3-15-14-18(12-13-19(15)24(31)32)27-23(30)21-7-5-6-20(28-21)22(29)26-17-10-8-16(9-11-17)25(33)34-4-2/h5-14H,3-4H2,1-2H3,(H,26,29)(H,27,30)(H,31,32)/p-1. The minimum Gasteiger partial charge on any atom is -0.545 e. The Labute approximate surface area is 195 Å². The predicted octanol–water partition coefficient (Wildman–Crippen LogP) is 2.69. The van der Waals surface area contributed by atoms with Gasteiger partial charge in [0.2, 0.25) is 0 Å². The lowest BCUT2D eigenvalue weighted by molar-refractivity contribution is -0.255. The van der Waals surface area contributed by atoms with Crippen LogP contribution in [-0.2, 0) is 11.2 Å². The van der Waals surface area contributed by atoms with Gasteiger partial charge in [-0.25, -0.2) is 9.78 Å². The summed E-state index contributed by atoms with van der Waals surface area (Å²) in [5, 5.41) is 16.5. The quantitative estimate of drug-likeness (QED) is 0.493. The molecule has 0 radical (unpaired) electrons. The van der Waals surface area contributed by atoms with Gasteiger partial charge in [-0.15, -0.1) is 0 Å². The van der Waals surface area contributed by atoms with Crippen molar-refractivity contribution in [3.8, 4) is 0 Å². The second-order valence-corrected chi connectivity index (χ2v) is 7.13. The maximum Gasteiger partial charge on any atom is 0.338 e. The number of rotatable bonds is 8. The first-order valence-electron chi connectivity index (χ1n) is 10.5. The van der Waals surface area contributed by atoms with Gasteiger partial charge in [-0.1, -0.05) is 19.1 Å². The molecule has 0 bridgehead atoms. The van der Waals surface area contributed by atoms with Crippen LogP contribution < -0.4 is 15.7 Å². The van der Waals surface area contributed by atoms with Crippen LogP contribution in [0.5, 0.6) is 0 Å². The number of aryl methyl sites for hydroxylation is 1. The van der Waals surface area contributed by atoms with Gasteiger partial charge in [0.25, 0.3) is 11.8 Å². The van der Waals surface area contributed by atoms with E-state index in [1.807, 2.05) is 0 Å². The average Bonchev–Trinajstić information content (AvgIpc) is 2.84. The summed E-state index contributed by atoms with van der Waals surface area (Å²) in [6.07, 6.45) is 0.446. The molecule has 3 rings (SSSR count). The van der Waals surface area contributed by atoms with E-state index >= 15 is 0 Å². The predicted molar refractivity (Wildman–Crippen MR) is 123 cm³/mol. The zero-order valence-electron chi connectivity index (χ0n) is 18.6. The van der Waals surface area contributed by atoms with Crippen LogP contribution >= 0.6 is 0 Å². The Morgan fingerprint density at radius 3 is 2.00 bits per heavy atom. The van der Waals surface area contributed by atoms with Crippen molar-refractivity contribution in [1.82, 2.24) is 4.98 Å². The van der Waals surface area contributed by atoms with Gasteiger partial charge in [-0.3, -0.25) is 9.59 Å². The van der Waals surface area contributed by atoms with Gasteiger partial charge in [0.15, 0.2) is 0 Å². The van der Waals surface area contributed by atoms with Gasteiger partial charge in [0.05, 0.1) is 18.1 Å². The lowest BCUT2D eigenvalue weighted by atomic mass is 10.0. The Morgan fingerprint density at radius 2 is 1.44 bits per heavy atom. The highest BCUT2D eigenvalue weighted by atomic mass is 16.5. The first kappa shape index (κ1) is 24.1. The molecule has 0 unspecified atom stereocenters. The van der Waals surface area contributed by atoms with Crippen molar-refractivity contribution in [3.63, 3.8) is 0 Å². The highest BCUT2D eigenvalue weighted by molar-refractivity contribution is 6.06. The Balaban J connectivity index is 1.70. The summed E-state index contributed by atoms with van der Waals surface area (Å²) in [4.78, 5) is 52.3. The van der Waals surface area contributed by atoms with Crippen molar-refractivity contribution in [2.24, 2.45) is 0 Å². The number of nitrogens with one attached hydrogen (secondary N) is 2. The molecule has 0 aliphatic heterocycles. The molecule has 1 aromatic heterocycles. The number of amides is 2. The smallest absolute Gasteiger partial charge is 0.338 e. The van der Waals surface area contributed by atoms with E-state index in [1.54, 1.807) is 32.0 Å². The molecule has 0 aliphatic carbocycles. The van der Waals surface area contributed by atoms with Crippen LogP contribution in [-0.4, -0.2) is 35.3 Å². The number of pyridine rings is 1. The second-order valence-electron chi connectivity index (χ2n) is 7.13. The number of carboxylic acid groups (broad SMARTS) is 1. The van der Waals surface area contributed by atoms with Crippen molar-refractivity contribution < 1.29 is 29.0 Å². The molecule has 9 nitrogen and oxygen atoms in total. The maximum atomic E-state index is 12.6. The normalized spacial score (nSPS) is 10.3. The van der Waals surface area contributed by atoms with Gasteiger partial charge in [0.1, 0.15) is 11.4 Å². The van der Waals surface area contributed by atoms with E-state index < -0.39 is 23.8 Å². The molecule has 34 heavy (non-hydrogen) atoms. The highest BCUT2D eigenvalue weighted by Crippen LogP contribution is 2.17. The van der Waals surface area contributed by atoms with Crippen LogP contribution in [0.2, 0.25) is 0 Å². The fourth-order valence-corrected chi connectivity index (χ4v) is 3.15. The molecule has 2 amide bonds. The molecular formula is C25H22N3O6-. The number of aromatic nitrogens is 1. The lowest BCUT2D eigenvalue weighted by Crippen LogP contribution is -2.24. The summed E-state index contributed by atoms with van der Waals surface area (Å²) in [7, 11) is 0. The SMILES string of the molecule is CCOC(=O)c1ccc(NC(=O)c2cccc(C(=O)Nc3ccc(C(=O)[O-])c(CC)c3)n2)cc1. The molecule has 3 aromatic rings. The molecule has 0 fully saturated rings. The van der Waals surface area contributed by atoms with Crippen molar-refractivity contribution in [2.45, 2.75) is 20.3 Å². The molecule has 0 saturated carbocycles. The number of esters is 1. The molecule has 174 valence electrons. The van der Waals surface area contributed by atoms with Crippen LogP contribution in [0, 0.1) is 0 Å². The first-order valence-corrected chi connectivity index (χ1v) is 10.5. The Bertz CT molecular complexity index is 1240. The number of aromatic carboxylic acids is 1. The summed E-state index contributed by atoms with van der Waals surface area (Å²) >= 11 is 0. The van der Waals surface area contributed by atoms with Gasteiger partial charge >= 0.3 is 5.97 Å². The summed E-state index contributed by atoms with van der Waals surface area (Å²) in [6, 6.07) is 15.0. The van der Waals surface area contributed by atoms with Gasteiger partial charge in [0, 0.05) is 16.9 Å². The van der Waals surface area contributed by atoms with Crippen molar-refractivity contribution in [1.29, 1.82) is 0 Å². The second kappa shape index (κ2) is 10.9. The monoisotopic (exact) mass is 460 g/mol. The zero-order chi connectivity index (χ0) is 24.7. The first-order chi connectivity index (χ1) is 16.3. The van der Waals surface area contributed by atoms with E-state index in [2.05, 4.69) is 15.6 Å². The number of ether oxygens (including phenoxy) is 1. The van der Waals surface area contributed by atoms with E-state index in [-0.39, 0.29) is 23.6 Å². The summed E-state index contributed by atoms with van der Waals surface area (Å²) in [5.74, 6) is -2.84. The van der Waals surface area contributed by atoms with E-state index in [0.29, 0.717) is 28.9 Å². The third-order valence-corrected chi connectivity index (χ3v) is 4.83. The molecule has 0 spiro atoms. The van der Waals surface area contributed by atoms with E-state index in [4.69, 9.17) is 4.74 Å². The molecule has 9 heteroatoms. The summed E-state index contributed by atoms with van der Waals surface area (Å²) < 4.78 is 4.92. The van der Waals surface area contributed by atoms with Crippen molar-refractivity contribution in [3.05, 3.63) is 88.7 Å². The summed E-state index contributed by atoms with van der Waals surface area (Å²) in [6.45, 7) is 3.77. The van der Waals surface area contributed by atoms with Gasteiger partial charge in [-0.2, -0.15) is 0 Å². The molecule has 0 aliphatic rings. The van der Waals surface area contributed by atoms with Crippen LogP contribution in [0.25, 0.3) is 0 Å². The number of carbonyl (C=O) groups is 4. The largest absolute Gasteiger partial charge is 0.545 e. The van der Waals surface area contributed by atoms with Crippen molar-refractivity contribution >= 4 is 35.1 Å². The van der Waals surface area contributed by atoms with Crippen LogP contribution in [0.1, 0.15) is 61.1 Å². The molecule has 0 atom stereocenters. The van der Waals surface area contributed by atoms with Crippen LogP contribution in [0.15, 0.2) is 60.7 Å². The third kappa shape index (κ3) is 5.83. The number of anilines is 2. The minimum absolute atomic E-state index is 0.00679. The summed E-state index contributed by atoms with van der Waals surface area (Å²) in [5.41, 5.74) is 1.80. The Kier molecular flexibility index (Phi) is 7.71. The van der Waals surface area contributed by atoms with Gasteiger partial charge < -0.3 is 25.3 Å². The van der Waals surface area contributed by atoms with E-state index in [9.17, 15) is 24.3 Å². The molecule has 2 aromatic carbocycles. The van der Waals surface area contributed by atoms with Crippen LogP contribution in [0.4, 0.5) is 11.4 Å². The Morgan fingerprint density at radius 1 is 0.853 bits per heavy atom. The fraction of sp³-hybridized carbons (Fsp3) is 0.160. The van der Waals surface area contributed by atoms with E-state index in [0.717, 1.165) is 0 Å². The Hall–Kier alpha value is -4.53. The van der Waals surface area contributed by atoms with Crippen molar-refractivity contribution in [2.75, 3.05) is 17.2 Å². The van der Waals surface area contributed by atoms with Gasteiger partial charge in [-0.05, 0) is 67.4 Å². The molecule has 2 N–H and O–H groups in total. The van der Waals surface area contributed by atoms with E-state index in [1.165, 1.54) is 42.5 Å². The highest BCUT2D eigenvalue weighted by Gasteiger charge is 2.14. The topological polar surface area (TPSA) is 138 Å². The number of carbonyl (C=O) groups excluding carboxylic acids is 4. The number of hydrogen-bond acceptors (Lipinski definition) is 7. The zero-order valence-corrected chi connectivity index (χ0v) is 18.6. The molecule has 1 heterocycles. The fourth-order valence-electron chi connectivity index (χ4n) is 3.15. The lowest BCUT2D eigenvalue weighted by Gasteiger charge is -2.12. The molecule has 0 saturated heterocycles.